The van der Waals surface area contributed by atoms with Crippen LogP contribution in [-0.4, -0.2) is 19.0 Å². The van der Waals surface area contributed by atoms with Crippen molar-refractivity contribution in [3.63, 3.8) is 0 Å². The van der Waals surface area contributed by atoms with Gasteiger partial charge in [-0.3, -0.25) is 4.79 Å². The van der Waals surface area contributed by atoms with Crippen LogP contribution in [0, 0.1) is 0 Å². The Labute approximate surface area is 129 Å². The summed E-state index contributed by atoms with van der Waals surface area (Å²) in [4.78, 5) is 12.4. The summed E-state index contributed by atoms with van der Waals surface area (Å²) in [5.41, 5.74) is 1.15. The minimum absolute atomic E-state index is 0.0735. The van der Waals surface area contributed by atoms with E-state index in [1.165, 1.54) is 0 Å². The second-order valence-electron chi connectivity index (χ2n) is 4.36. The number of carbonyl (C=O) groups is 1. The highest BCUT2D eigenvalue weighted by Gasteiger charge is 2.13. The number of rotatable bonds is 6. The van der Waals surface area contributed by atoms with Gasteiger partial charge in [0.05, 0.1) is 13.2 Å². The lowest BCUT2D eigenvalue weighted by Gasteiger charge is -2.12. The van der Waals surface area contributed by atoms with Crippen LogP contribution in [0.25, 0.3) is 0 Å². The zero-order valence-corrected chi connectivity index (χ0v) is 12.8. The third kappa shape index (κ3) is 3.76. The molecule has 0 aliphatic carbocycles. The molecule has 0 saturated carbocycles. The van der Waals surface area contributed by atoms with Gasteiger partial charge in [-0.05, 0) is 56.3 Å². The summed E-state index contributed by atoms with van der Waals surface area (Å²) in [6.45, 7) is 4.86. The molecule has 0 aliphatic heterocycles. The van der Waals surface area contributed by atoms with E-state index >= 15 is 0 Å². The Hall–Kier alpha value is -2.00. The van der Waals surface area contributed by atoms with E-state index in [4.69, 9.17) is 21.1 Å². The lowest BCUT2D eigenvalue weighted by molar-refractivity contribution is 0.103. The lowest BCUT2D eigenvalue weighted by Crippen LogP contribution is -2.04. The van der Waals surface area contributed by atoms with E-state index in [1.54, 1.807) is 42.5 Å². The first-order valence-electron chi connectivity index (χ1n) is 6.85. The standard InChI is InChI=1S/C17H17ClO3/c1-3-20-15-10-7-13(11-16(15)21-4-2)17(19)12-5-8-14(18)9-6-12/h5-11H,3-4H2,1-2H3. The number of halogens is 1. The minimum atomic E-state index is -0.0735. The number of hydrogen-bond donors (Lipinski definition) is 0. The summed E-state index contributed by atoms with van der Waals surface area (Å²) in [5.74, 6) is 1.15. The Morgan fingerprint density at radius 2 is 1.48 bits per heavy atom. The van der Waals surface area contributed by atoms with Crippen molar-refractivity contribution in [1.82, 2.24) is 0 Å². The Bertz CT molecular complexity index is 620. The Balaban J connectivity index is 2.32. The highest BCUT2D eigenvalue weighted by atomic mass is 35.5. The van der Waals surface area contributed by atoms with Crippen molar-refractivity contribution >= 4 is 17.4 Å². The molecule has 2 aromatic carbocycles. The van der Waals surface area contributed by atoms with Crippen molar-refractivity contribution in [3.8, 4) is 11.5 Å². The normalized spacial score (nSPS) is 10.2. The van der Waals surface area contributed by atoms with E-state index in [1.807, 2.05) is 13.8 Å². The molecule has 2 rings (SSSR count). The maximum Gasteiger partial charge on any atom is 0.193 e. The smallest absolute Gasteiger partial charge is 0.193 e. The van der Waals surface area contributed by atoms with E-state index in [0.29, 0.717) is 40.9 Å². The number of hydrogen-bond acceptors (Lipinski definition) is 3. The van der Waals surface area contributed by atoms with Gasteiger partial charge in [0.2, 0.25) is 0 Å². The zero-order valence-electron chi connectivity index (χ0n) is 12.1. The first kappa shape index (κ1) is 15.4. The summed E-state index contributed by atoms with van der Waals surface area (Å²) in [7, 11) is 0. The van der Waals surface area contributed by atoms with Crippen LogP contribution in [0.4, 0.5) is 0 Å². The van der Waals surface area contributed by atoms with Crippen LogP contribution in [0.2, 0.25) is 5.02 Å². The largest absolute Gasteiger partial charge is 0.490 e. The van der Waals surface area contributed by atoms with Crippen LogP contribution in [0.15, 0.2) is 42.5 Å². The predicted octanol–water partition coefficient (Wildman–Crippen LogP) is 4.37. The monoisotopic (exact) mass is 304 g/mol. The predicted molar refractivity (Wildman–Crippen MR) is 83.7 cm³/mol. The highest BCUT2D eigenvalue weighted by molar-refractivity contribution is 6.30. The Kier molecular flexibility index (Phi) is 5.23. The molecule has 0 atom stereocenters. The lowest BCUT2D eigenvalue weighted by atomic mass is 10.0. The van der Waals surface area contributed by atoms with Gasteiger partial charge in [0.1, 0.15) is 0 Å². The van der Waals surface area contributed by atoms with E-state index in [9.17, 15) is 4.79 Å². The van der Waals surface area contributed by atoms with Gasteiger partial charge in [-0.2, -0.15) is 0 Å². The van der Waals surface area contributed by atoms with Crippen LogP contribution < -0.4 is 9.47 Å². The SMILES string of the molecule is CCOc1ccc(C(=O)c2ccc(Cl)cc2)cc1OCC. The van der Waals surface area contributed by atoms with Crippen molar-refractivity contribution in [2.75, 3.05) is 13.2 Å². The Morgan fingerprint density at radius 3 is 2.10 bits per heavy atom. The number of carbonyl (C=O) groups excluding carboxylic acids is 1. The van der Waals surface area contributed by atoms with Crippen LogP contribution in [-0.2, 0) is 0 Å². The van der Waals surface area contributed by atoms with Crippen LogP contribution in [0.3, 0.4) is 0 Å². The third-order valence-corrected chi connectivity index (χ3v) is 3.16. The minimum Gasteiger partial charge on any atom is -0.490 e. The summed E-state index contributed by atoms with van der Waals surface area (Å²) in [5, 5.41) is 0.605. The molecule has 0 bridgehead atoms. The molecular weight excluding hydrogens is 288 g/mol. The fourth-order valence-corrected chi connectivity index (χ4v) is 2.09. The van der Waals surface area contributed by atoms with Gasteiger partial charge in [-0.1, -0.05) is 11.6 Å². The van der Waals surface area contributed by atoms with Crippen molar-refractivity contribution in [1.29, 1.82) is 0 Å². The average Bonchev–Trinajstić information content (AvgIpc) is 2.49. The molecule has 0 unspecified atom stereocenters. The van der Waals surface area contributed by atoms with Gasteiger partial charge in [-0.25, -0.2) is 0 Å². The van der Waals surface area contributed by atoms with E-state index in [-0.39, 0.29) is 5.78 Å². The first-order chi connectivity index (χ1) is 10.2. The fraction of sp³-hybridized carbons (Fsp3) is 0.235. The van der Waals surface area contributed by atoms with E-state index in [2.05, 4.69) is 0 Å². The zero-order chi connectivity index (χ0) is 15.2. The van der Waals surface area contributed by atoms with Crippen molar-refractivity contribution in [2.24, 2.45) is 0 Å². The van der Waals surface area contributed by atoms with Crippen molar-refractivity contribution in [2.45, 2.75) is 13.8 Å². The summed E-state index contributed by atoms with van der Waals surface area (Å²) in [6.07, 6.45) is 0. The molecular formula is C17H17ClO3. The van der Waals surface area contributed by atoms with Crippen molar-refractivity contribution in [3.05, 3.63) is 58.6 Å². The molecule has 0 fully saturated rings. The van der Waals surface area contributed by atoms with Gasteiger partial charge in [0, 0.05) is 16.1 Å². The molecule has 0 N–H and O–H groups in total. The molecule has 0 heterocycles. The molecule has 0 radical (unpaired) electrons. The molecule has 0 saturated heterocycles. The first-order valence-corrected chi connectivity index (χ1v) is 7.23. The third-order valence-electron chi connectivity index (χ3n) is 2.91. The van der Waals surface area contributed by atoms with Crippen LogP contribution >= 0.6 is 11.6 Å². The molecule has 0 spiro atoms. The van der Waals surface area contributed by atoms with E-state index in [0.717, 1.165) is 0 Å². The summed E-state index contributed by atoms with van der Waals surface area (Å²) >= 11 is 5.84. The van der Waals surface area contributed by atoms with Gasteiger partial charge in [0.25, 0.3) is 0 Å². The molecule has 0 aromatic heterocycles. The second-order valence-corrected chi connectivity index (χ2v) is 4.80. The van der Waals surface area contributed by atoms with Crippen molar-refractivity contribution < 1.29 is 14.3 Å². The van der Waals surface area contributed by atoms with Gasteiger partial charge in [-0.15, -0.1) is 0 Å². The second kappa shape index (κ2) is 7.14. The molecule has 21 heavy (non-hydrogen) atoms. The number of ketones is 1. The summed E-state index contributed by atoms with van der Waals surface area (Å²) in [6, 6.07) is 12.0. The molecule has 0 amide bonds. The van der Waals surface area contributed by atoms with Crippen LogP contribution in [0.5, 0.6) is 11.5 Å². The van der Waals surface area contributed by atoms with Gasteiger partial charge >= 0.3 is 0 Å². The molecule has 110 valence electrons. The van der Waals surface area contributed by atoms with Gasteiger partial charge < -0.3 is 9.47 Å². The van der Waals surface area contributed by atoms with Gasteiger partial charge in [0.15, 0.2) is 17.3 Å². The number of benzene rings is 2. The Morgan fingerprint density at radius 1 is 0.905 bits per heavy atom. The highest BCUT2D eigenvalue weighted by Crippen LogP contribution is 2.29. The summed E-state index contributed by atoms with van der Waals surface area (Å²) < 4.78 is 11.0. The maximum atomic E-state index is 12.4. The molecule has 4 heteroatoms. The molecule has 3 nitrogen and oxygen atoms in total. The maximum absolute atomic E-state index is 12.4. The topological polar surface area (TPSA) is 35.5 Å². The number of ether oxygens (including phenoxy) is 2. The van der Waals surface area contributed by atoms with E-state index < -0.39 is 0 Å². The molecule has 2 aromatic rings. The average molecular weight is 305 g/mol. The molecule has 0 aliphatic rings. The van der Waals surface area contributed by atoms with Crippen LogP contribution in [0.1, 0.15) is 29.8 Å². The quantitative estimate of drug-likeness (QED) is 0.743. The fourth-order valence-electron chi connectivity index (χ4n) is 1.96.